The third-order valence-electron chi connectivity index (χ3n) is 3.82. The summed E-state index contributed by atoms with van der Waals surface area (Å²) >= 11 is 5.92. The summed E-state index contributed by atoms with van der Waals surface area (Å²) in [6.45, 7) is 0.224. The Bertz CT molecular complexity index is 1030. The Morgan fingerprint density at radius 1 is 1.14 bits per heavy atom. The summed E-state index contributed by atoms with van der Waals surface area (Å²) in [5.41, 5.74) is 1.05. The summed E-state index contributed by atoms with van der Waals surface area (Å²) in [6.07, 6.45) is 0. The van der Waals surface area contributed by atoms with Gasteiger partial charge in [-0.25, -0.2) is 4.39 Å². The van der Waals surface area contributed by atoms with Gasteiger partial charge < -0.3 is 10.1 Å². The highest BCUT2D eigenvalue weighted by Crippen LogP contribution is 2.22. The van der Waals surface area contributed by atoms with Crippen molar-refractivity contribution in [3.8, 4) is 17.1 Å². The molecule has 29 heavy (non-hydrogen) atoms. The molecule has 8 nitrogen and oxygen atoms in total. The number of nitro benzene ring substituents is 1. The van der Waals surface area contributed by atoms with E-state index in [1.54, 1.807) is 24.3 Å². The molecule has 1 aromatic heterocycles. The number of nitrogens with one attached hydrogen (secondary N) is 1. The van der Waals surface area contributed by atoms with Gasteiger partial charge in [0.15, 0.2) is 0 Å². The van der Waals surface area contributed by atoms with Crippen molar-refractivity contribution in [2.45, 2.75) is 0 Å². The van der Waals surface area contributed by atoms with Crippen molar-refractivity contribution < 1.29 is 18.8 Å². The summed E-state index contributed by atoms with van der Waals surface area (Å²) in [6, 6.07) is 12.7. The topological polar surface area (TPSA) is 107 Å². The van der Waals surface area contributed by atoms with Crippen LogP contribution in [0.15, 0.2) is 54.6 Å². The number of ether oxygens (including phenoxy) is 1. The predicted molar refractivity (Wildman–Crippen MR) is 103 cm³/mol. The lowest BCUT2D eigenvalue weighted by Crippen LogP contribution is -2.28. The van der Waals surface area contributed by atoms with E-state index >= 15 is 0 Å². The number of carbonyl (C=O) groups excluding carboxylic acids is 1. The Morgan fingerprint density at radius 3 is 2.55 bits per heavy atom. The number of benzene rings is 2. The smallest absolute Gasteiger partial charge is 0.270 e. The Kier molecular flexibility index (Phi) is 6.30. The second kappa shape index (κ2) is 9.07. The van der Waals surface area contributed by atoms with Gasteiger partial charge >= 0.3 is 0 Å². The van der Waals surface area contributed by atoms with Gasteiger partial charge in [0.2, 0.25) is 5.88 Å². The number of rotatable bonds is 7. The van der Waals surface area contributed by atoms with Gasteiger partial charge in [-0.2, -0.15) is 0 Å². The van der Waals surface area contributed by atoms with E-state index in [9.17, 15) is 19.3 Å². The second-order valence-electron chi connectivity index (χ2n) is 5.79. The highest BCUT2D eigenvalue weighted by molar-refractivity contribution is 6.33. The second-order valence-corrected chi connectivity index (χ2v) is 6.20. The maximum atomic E-state index is 13.0. The van der Waals surface area contributed by atoms with Crippen molar-refractivity contribution in [1.82, 2.24) is 15.5 Å². The Morgan fingerprint density at radius 2 is 1.90 bits per heavy atom. The predicted octanol–water partition coefficient (Wildman–Crippen LogP) is 3.65. The van der Waals surface area contributed by atoms with Crippen LogP contribution in [0.1, 0.15) is 10.4 Å². The number of amides is 1. The largest absolute Gasteiger partial charge is 0.475 e. The van der Waals surface area contributed by atoms with Gasteiger partial charge in [0.05, 0.1) is 27.7 Å². The molecule has 0 saturated carbocycles. The van der Waals surface area contributed by atoms with Crippen LogP contribution in [0.3, 0.4) is 0 Å². The molecule has 1 heterocycles. The number of hydrogen-bond acceptors (Lipinski definition) is 6. The lowest BCUT2D eigenvalue weighted by Gasteiger charge is -2.08. The SMILES string of the molecule is O=C(NCCOc1ccc(-c2ccc(F)cc2)nn1)c1cc([N+](=O)[O-])ccc1Cl. The first-order chi connectivity index (χ1) is 13.9. The Balaban J connectivity index is 1.51. The first-order valence-corrected chi connectivity index (χ1v) is 8.76. The molecule has 0 aliphatic carbocycles. The molecule has 10 heteroatoms. The number of nitrogens with zero attached hydrogens (tertiary/aromatic N) is 3. The monoisotopic (exact) mass is 416 g/mol. The Hall–Kier alpha value is -3.59. The lowest BCUT2D eigenvalue weighted by molar-refractivity contribution is -0.384. The van der Waals surface area contributed by atoms with Gasteiger partial charge in [0, 0.05) is 23.8 Å². The van der Waals surface area contributed by atoms with Crippen LogP contribution < -0.4 is 10.1 Å². The molecule has 0 bridgehead atoms. The molecule has 0 saturated heterocycles. The van der Waals surface area contributed by atoms with Crippen molar-refractivity contribution >= 4 is 23.2 Å². The standard InChI is InChI=1S/C19H14ClFN4O4/c20-16-6-5-14(25(27)28)11-15(16)19(26)22-9-10-29-18-8-7-17(23-24-18)12-1-3-13(21)4-2-12/h1-8,11H,9-10H2,(H,22,26). The third-order valence-corrected chi connectivity index (χ3v) is 4.15. The maximum absolute atomic E-state index is 13.0. The maximum Gasteiger partial charge on any atom is 0.270 e. The first kappa shape index (κ1) is 20.2. The third kappa shape index (κ3) is 5.23. The van der Waals surface area contributed by atoms with Gasteiger partial charge in [0.1, 0.15) is 12.4 Å². The summed E-state index contributed by atoms with van der Waals surface area (Å²) in [7, 11) is 0. The van der Waals surface area contributed by atoms with Crippen LogP contribution in [-0.4, -0.2) is 34.2 Å². The molecule has 0 aliphatic rings. The van der Waals surface area contributed by atoms with Gasteiger partial charge in [-0.05, 0) is 36.4 Å². The fourth-order valence-corrected chi connectivity index (χ4v) is 2.59. The summed E-state index contributed by atoms with van der Waals surface area (Å²) in [5.74, 6) is -0.645. The van der Waals surface area contributed by atoms with Gasteiger partial charge in [-0.1, -0.05) is 11.6 Å². The highest BCUT2D eigenvalue weighted by atomic mass is 35.5. The molecular weight excluding hydrogens is 403 g/mol. The molecule has 3 rings (SSSR count). The minimum atomic E-state index is -0.607. The molecule has 0 spiro atoms. The number of non-ortho nitro benzene ring substituents is 1. The quantitative estimate of drug-likeness (QED) is 0.358. The number of hydrogen-bond donors (Lipinski definition) is 1. The highest BCUT2D eigenvalue weighted by Gasteiger charge is 2.15. The van der Waals surface area contributed by atoms with E-state index in [0.29, 0.717) is 11.3 Å². The summed E-state index contributed by atoms with van der Waals surface area (Å²) in [5, 5.41) is 21.4. The average molecular weight is 417 g/mol. The zero-order valence-electron chi connectivity index (χ0n) is 14.8. The molecule has 0 atom stereocenters. The van der Waals surface area contributed by atoms with Crippen LogP contribution in [0.2, 0.25) is 5.02 Å². The van der Waals surface area contributed by atoms with Gasteiger partial charge in [-0.3, -0.25) is 14.9 Å². The van der Waals surface area contributed by atoms with Crippen LogP contribution in [-0.2, 0) is 0 Å². The minimum absolute atomic E-state index is 0.00399. The van der Waals surface area contributed by atoms with E-state index in [-0.39, 0.29) is 41.1 Å². The molecule has 0 radical (unpaired) electrons. The molecule has 0 unspecified atom stereocenters. The van der Waals surface area contributed by atoms with E-state index in [0.717, 1.165) is 6.07 Å². The fourth-order valence-electron chi connectivity index (χ4n) is 2.39. The van der Waals surface area contributed by atoms with Gasteiger partial charge in [0.25, 0.3) is 11.6 Å². The van der Waals surface area contributed by atoms with Crippen molar-refractivity contribution in [2.75, 3.05) is 13.2 Å². The molecule has 1 amide bonds. The molecule has 3 aromatic rings. The number of nitro groups is 1. The van der Waals surface area contributed by atoms with Crippen LogP contribution in [0.25, 0.3) is 11.3 Å². The molecule has 2 aromatic carbocycles. The average Bonchev–Trinajstić information content (AvgIpc) is 2.72. The van der Waals surface area contributed by atoms with Crippen molar-refractivity contribution in [3.63, 3.8) is 0 Å². The van der Waals surface area contributed by atoms with Crippen LogP contribution in [0.4, 0.5) is 10.1 Å². The van der Waals surface area contributed by atoms with Crippen molar-refractivity contribution in [1.29, 1.82) is 0 Å². The molecular formula is C19H14ClFN4O4. The fraction of sp³-hybridized carbons (Fsp3) is 0.105. The first-order valence-electron chi connectivity index (χ1n) is 8.38. The number of aromatic nitrogens is 2. The van der Waals surface area contributed by atoms with E-state index in [4.69, 9.17) is 16.3 Å². The number of carbonyl (C=O) groups is 1. The van der Waals surface area contributed by atoms with E-state index < -0.39 is 10.8 Å². The summed E-state index contributed by atoms with van der Waals surface area (Å²) in [4.78, 5) is 22.4. The zero-order valence-corrected chi connectivity index (χ0v) is 15.6. The molecule has 148 valence electrons. The zero-order chi connectivity index (χ0) is 20.8. The van der Waals surface area contributed by atoms with Crippen molar-refractivity contribution in [3.05, 3.63) is 81.1 Å². The van der Waals surface area contributed by atoms with E-state index in [1.165, 1.54) is 24.3 Å². The van der Waals surface area contributed by atoms with E-state index in [2.05, 4.69) is 15.5 Å². The van der Waals surface area contributed by atoms with E-state index in [1.807, 2.05) is 0 Å². The molecule has 1 N–H and O–H groups in total. The molecule has 0 aliphatic heterocycles. The summed E-state index contributed by atoms with van der Waals surface area (Å²) < 4.78 is 18.4. The van der Waals surface area contributed by atoms with Crippen LogP contribution in [0, 0.1) is 15.9 Å². The molecule has 0 fully saturated rings. The minimum Gasteiger partial charge on any atom is -0.475 e. The van der Waals surface area contributed by atoms with Crippen molar-refractivity contribution in [2.24, 2.45) is 0 Å². The van der Waals surface area contributed by atoms with Crippen LogP contribution >= 0.6 is 11.6 Å². The Labute approximate surface area is 169 Å². The number of halogens is 2. The normalized spacial score (nSPS) is 10.4. The van der Waals surface area contributed by atoms with Crippen LogP contribution in [0.5, 0.6) is 5.88 Å². The van der Waals surface area contributed by atoms with Gasteiger partial charge in [-0.15, -0.1) is 10.2 Å². The lowest BCUT2D eigenvalue weighted by atomic mass is 10.1.